The van der Waals surface area contributed by atoms with Gasteiger partial charge in [0, 0.05) is 17.1 Å². The smallest absolute Gasteiger partial charge is 0.214 e. The first-order valence-corrected chi connectivity index (χ1v) is 8.63. The van der Waals surface area contributed by atoms with E-state index in [9.17, 15) is 0 Å². The molecule has 0 unspecified atom stereocenters. The van der Waals surface area contributed by atoms with Crippen molar-refractivity contribution < 1.29 is 9.52 Å². The summed E-state index contributed by atoms with van der Waals surface area (Å²) in [6.45, 7) is 0.885. The molecule has 0 radical (unpaired) electrons. The number of para-hydroxylation sites is 2. The summed E-state index contributed by atoms with van der Waals surface area (Å²) in [6.07, 6.45) is 1.71. The Labute approximate surface area is 155 Å². The molecule has 0 aliphatic carbocycles. The largest absolute Gasteiger partial charge is 0.439 e. The molecule has 0 bridgehead atoms. The fraction of sp³-hybridized carbons (Fsp3) is 0.158. The van der Waals surface area contributed by atoms with E-state index in [0.29, 0.717) is 35.7 Å². The molecule has 6 nitrogen and oxygen atoms in total. The summed E-state index contributed by atoms with van der Waals surface area (Å²) in [4.78, 5) is 8.97. The summed E-state index contributed by atoms with van der Waals surface area (Å²) < 4.78 is 7.90. The van der Waals surface area contributed by atoms with Gasteiger partial charge in [0.15, 0.2) is 5.76 Å². The number of halogens is 1. The van der Waals surface area contributed by atoms with Crippen LogP contribution in [0.15, 0.2) is 59.1 Å². The molecule has 0 fully saturated rings. The zero-order chi connectivity index (χ0) is 17.9. The quantitative estimate of drug-likeness (QED) is 0.541. The zero-order valence-corrected chi connectivity index (χ0v) is 14.6. The maximum absolute atomic E-state index is 9.09. The fourth-order valence-corrected chi connectivity index (χ4v) is 2.93. The van der Waals surface area contributed by atoms with Crippen LogP contribution in [0.2, 0.25) is 5.02 Å². The number of benzene rings is 2. The SMILES string of the molecule is OCCNc1nc2ccccc2n1Cc1ncc(-c2ccc(Cl)cc2)o1. The number of hydrogen-bond donors (Lipinski definition) is 2. The summed E-state index contributed by atoms with van der Waals surface area (Å²) in [6, 6.07) is 15.3. The van der Waals surface area contributed by atoms with Crippen LogP contribution >= 0.6 is 11.6 Å². The molecule has 4 rings (SSSR count). The number of aliphatic hydroxyl groups is 1. The first kappa shape index (κ1) is 16.6. The van der Waals surface area contributed by atoms with Crippen molar-refractivity contribution in [2.45, 2.75) is 6.54 Å². The van der Waals surface area contributed by atoms with E-state index in [1.807, 2.05) is 53.1 Å². The number of aromatic nitrogens is 3. The highest BCUT2D eigenvalue weighted by Gasteiger charge is 2.14. The zero-order valence-electron chi connectivity index (χ0n) is 13.9. The number of hydrogen-bond acceptors (Lipinski definition) is 5. The molecule has 2 N–H and O–H groups in total. The Balaban J connectivity index is 1.65. The Morgan fingerprint density at radius 1 is 1.12 bits per heavy atom. The van der Waals surface area contributed by atoms with E-state index in [0.717, 1.165) is 16.6 Å². The van der Waals surface area contributed by atoms with Crippen molar-refractivity contribution in [1.29, 1.82) is 0 Å². The highest BCUT2D eigenvalue weighted by atomic mass is 35.5. The first-order valence-electron chi connectivity index (χ1n) is 8.25. The summed E-state index contributed by atoms with van der Waals surface area (Å²) in [5, 5.41) is 12.9. The van der Waals surface area contributed by atoms with Gasteiger partial charge in [-0.1, -0.05) is 23.7 Å². The summed E-state index contributed by atoms with van der Waals surface area (Å²) in [5.41, 5.74) is 2.76. The molecule has 0 aliphatic rings. The average Bonchev–Trinajstić information content (AvgIpc) is 3.26. The van der Waals surface area contributed by atoms with Crippen molar-refractivity contribution in [3.05, 3.63) is 65.6 Å². The number of imidazole rings is 1. The molecule has 2 aromatic heterocycles. The second-order valence-electron chi connectivity index (χ2n) is 5.79. The van der Waals surface area contributed by atoms with Gasteiger partial charge in [0.1, 0.15) is 6.54 Å². The van der Waals surface area contributed by atoms with E-state index in [4.69, 9.17) is 21.1 Å². The lowest BCUT2D eigenvalue weighted by Crippen LogP contribution is -2.12. The predicted octanol–water partition coefficient (Wildman–Crippen LogP) is 3.80. The Kier molecular flexibility index (Phi) is 4.60. The number of fused-ring (bicyclic) bond motifs is 1. The Morgan fingerprint density at radius 2 is 1.92 bits per heavy atom. The number of anilines is 1. The van der Waals surface area contributed by atoms with E-state index < -0.39 is 0 Å². The molecule has 4 aromatic rings. The Hall–Kier alpha value is -2.83. The van der Waals surface area contributed by atoms with Gasteiger partial charge >= 0.3 is 0 Å². The van der Waals surface area contributed by atoms with Crippen molar-refractivity contribution in [2.75, 3.05) is 18.5 Å². The molecule has 0 spiro atoms. The molecule has 0 saturated heterocycles. The number of nitrogens with zero attached hydrogens (tertiary/aromatic N) is 3. The van der Waals surface area contributed by atoms with Crippen LogP contribution in [0.4, 0.5) is 5.95 Å². The third-order valence-electron chi connectivity index (χ3n) is 4.03. The Bertz CT molecular complexity index is 1020. The highest BCUT2D eigenvalue weighted by Crippen LogP contribution is 2.25. The van der Waals surface area contributed by atoms with Crippen LogP contribution in [0.25, 0.3) is 22.4 Å². The van der Waals surface area contributed by atoms with Gasteiger partial charge < -0.3 is 19.4 Å². The van der Waals surface area contributed by atoms with Crippen LogP contribution in [0, 0.1) is 0 Å². The molecule has 2 aromatic carbocycles. The van der Waals surface area contributed by atoms with Crippen LogP contribution in [0.3, 0.4) is 0 Å². The van der Waals surface area contributed by atoms with Crippen LogP contribution < -0.4 is 5.32 Å². The fourth-order valence-electron chi connectivity index (χ4n) is 2.80. The van der Waals surface area contributed by atoms with Gasteiger partial charge in [0.2, 0.25) is 11.8 Å². The van der Waals surface area contributed by atoms with Crippen LogP contribution in [-0.2, 0) is 6.54 Å². The van der Waals surface area contributed by atoms with Gasteiger partial charge in [-0.25, -0.2) is 9.97 Å². The molecule has 26 heavy (non-hydrogen) atoms. The Morgan fingerprint density at radius 3 is 2.73 bits per heavy atom. The number of oxazole rings is 1. The summed E-state index contributed by atoms with van der Waals surface area (Å²) in [7, 11) is 0. The molecule has 0 saturated carbocycles. The van der Waals surface area contributed by atoms with Gasteiger partial charge in [0.05, 0.1) is 23.8 Å². The minimum Gasteiger partial charge on any atom is -0.439 e. The monoisotopic (exact) mass is 368 g/mol. The second kappa shape index (κ2) is 7.19. The molecule has 7 heteroatoms. The van der Waals surface area contributed by atoms with Crippen molar-refractivity contribution >= 4 is 28.6 Å². The van der Waals surface area contributed by atoms with Crippen LogP contribution in [0.1, 0.15) is 5.89 Å². The van der Waals surface area contributed by atoms with Gasteiger partial charge in [-0.15, -0.1) is 0 Å². The summed E-state index contributed by atoms with van der Waals surface area (Å²) in [5.74, 6) is 1.93. The third-order valence-corrected chi connectivity index (χ3v) is 4.28. The lowest BCUT2D eigenvalue weighted by atomic mass is 10.2. The van der Waals surface area contributed by atoms with E-state index in [-0.39, 0.29) is 6.61 Å². The van der Waals surface area contributed by atoms with Gasteiger partial charge in [-0.05, 0) is 36.4 Å². The molecular weight excluding hydrogens is 352 g/mol. The number of nitrogens with one attached hydrogen (secondary N) is 1. The van der Waals surface area contributed by atoms with Crippen molar-refractivity contribution in [3.63, 3.8) is 0 Å². The van der Waals surface area contributed by atoms with E-state index in [1.54, 1.807) is 6.20 Å². The first-order chi connectivity index (χ1) is 12.7. The maximum Gasteiger partial charge on any atom is 0.214 e. The third kappa shape index (κ3) is 3.29. The minimum absolute atomic E-state index is 0.0307. The average molecular weight is 369 g/mol. The number of rotatable bonds is 6. The molecule has 0 atom stereocenters. The van der Waals surface area contributed by atoms with E-state index >= 15 is 0 Å². The standard InChI is InChI=1S/C19H17ClN4O2/c20-14-7-5-13(6-8-14)17-11-22-18(26-17)12-24-16-4-2-1-3-15(16)23-19(24)21-9-10-25/h1-8,11,25H,9-10,12H2,(H,21,23). The van der Waals surface area contributed by atoms with Gasteiger partial charge in [-0.3, -0.25) is 0 Å². The molecule has 0 aliphatic heterocycles. The van der Waals surface area contributed by atoms with Crippen molar-refractivity contribution in [2.24, 2.45) is 0 Å². The molecule has 132 valence electrons. The van der Waals surface area contributed by atoms with Crippen LogP contribution in [0.5, 0.6) is 0 Å². The van der Waals surface area contributed by atoms with Crippen molar-refractivity contribution in [3.8, 4) is 11.3 Å². The maximum atomic E-state index is 9.09. The lowest BCUT2D eigenvalue weighted by molar-refractivity contribution is 0.310. The minimum atomic E-state index is 0.0307. The van der Waals surface area contributed by atoms with E-state index in [2.05, 4.69) is 15.3 Å². The van der Waals surface area contributed by atoms with Crippen LogP contribution in [-0.4, -0.2) is 32.8 Å². The highest BCUT2D eigenvalue weighted by molar-refractivity contribution is 6.30. The second-order valence-corrected chi connectivity index (χ2v) is 6.22. The molecular formula is C19H17ClN4O2. The topological polar surface area (TPSA) is 76.1 Å². The summed E-state index contributed by atoms with van der Waals surface area (Å²) >= 11 is 5.93. The lowest BCUT2D eigenvalue weighted by Gasteiger charge is -2.08. The van der Waals surface area contributed by atoms with E-state index in [1.165, 1.54) is 0 Å². The predicted molar refractivity (Wildman–Crippen MR) is 101 cm³/mol. The van der Waals surface area contributed by atoms with Crippen molar-refractivity contribution in [1.82, 2.24) is 14.5 Å². The molecule has 0 amide bonds. The normalized spacial score (nSPS) is 11.2. The van der Waals surface area contributed by atoms with Gasteiger partial charge in [-0.2, -0.15) is 0 Å². The number of aliphatic hydroxyl groups excluding tert-OH is 1. The van der Waals surface area contributed by atoms with Gasteiger partial charge in [0.25, 0.3) is 0 Å². The molecule has 2 heterocycles.